The van der Waals surface area contributed by atoms with Gasteiger partial charge < -0.3 is 19.8 Å². The maximum Gasteiger partial charge on any atom is 0.246 e. The summed E-state index contributed by atoms with van der Waals surface area (Å²) in [6.07, 6.45) is 1.28. The second-order valence-electron chi connectivity index (χ2n) is 5.52. The molecule has 1 saturated heterocycles. The van der Waals surface area contributed by atoms with Crippen molar-refractivity contribution in [3.8, 4) is 5.75 Å². The Morgan fingerprint density at radius 3 is 2.33 bits per heavy atom. The molecular formula is C16H19Cl2N3O3. The van der Waals surface area contributed by atoms with Crippen LogP contribution >= 0.6 is 23.2 Å². The molecule has 2 amide bonds. The number of phenolic OH excluding ortho intramolecular Hbond substituents is 1. The van der Waals surface area contributed by atoms with Gasteiger partial charge in [-0.15, -0.1) is 0 Å². The fourth-order valence-corrected chi connectivity index (χ4v) is 2.84. The van der Waals surface area contributed by atoms with E-state index in [1.165, 1.54) is 18.2 Å². The number of phenols is 1. The average molecular weight is 372 g/mol. The van der Waals surface area contributed by atoms with Gasteiger partial charge in [0.1, 0.15) is 5.75 Å². The van der Waals surface area contributed by atoms with Gasteiger partial charge in [-0.3, -0.25) is 9.59 Å². The Hall–Kier alpha value is -1.92. The Kier molecular flexibility index (Phi) is 5.96. The van der Waals surface area contributed by atoms with Crippen LogP contribution in [0.5, 0.6) is 5.75 Å². The molecule has 2 rings (SSSR count). The molecule has 0 aromatic heterocycles. The standard InChI is InChI=1S/C16H19Cl2N3O3/c1-3-15(23)20-4-6-21(7-5-20)16(24)10-19(2)13-8-11(17)12(18)9-14(13)22/h3,8-9,22H,1,4-7,10H2,2H3. The van der Waals surface area contributed by atoms with Gasteiger partial charge in [-0.05, 0) is 12.1 Å². The topological polar surface area (TPSA) is 64.1 Å². The molecule has 8 heteroatoms. The average Bonchev–Trinajstić information content (AvgIpc) is 2.57. The van der Waals surface area contributed by atoms with Crippen LogP contribution in [0.4, 0.5) is 5.69 Å². The highest BCUT2D eigenvalue weighted by Crippen LogP contribution is 2.35. The zero-order chi connectivity index (χ0) is 17.9. The van der Waals surface area contributed by atoms with Crippen molar-refractivity contribution in [2.45, 2.75) is 0 Å². The van der Waals surface area contributed by atoms with Crippen molar-refractivity contribution in [3.63, 3.8) is 0 Å². The fourth-order valence-electron chi connectivity index (χ4n) is 2.52. The summed E-state index contributed by atoms with van der Waals surface area (Å²) < 4.78 is 0. The lowest BCUT2D eigenvalue weighted by Crippen LogP contribution is -2.52. The van der Waals surface area contributed by atoms with Crippen molar-refractivity contribution in [2.24, 2.45) is 0 Å². The first kappa shape index (κ1) is 18.4. The van der Waals surface area contributed by atoms with Gasteiger partial charge in [0.05, 0.1) is 22.3 Å². The number of piperazine rings is 1. The van der Waals surface area contributed by atoms with E-state index in [0.29, 0.717) is 36.9 Å². The summed E-state index contributed by atoms with van der Waals surface area (Å²) in [5, 5.41) is 10.5. The number of rotatable bonds is 4. The molecule has 0 aliphatic carbocycles. The first-order valence-corrected chi connectivity index (χ1v) is 8.17. The lowest BCUT2D eigenvalue weighted by atomic mass is 10.2. The minimum absolute atomic E-state index is 0.0406. The molecule has 0 bridgehead atoms. The van der Waals surface area contributed by atoms with E-state index in [-0.39, 0.29) is 29.1 Å². The van der Waals surface area contributed by atoms with Gasteiger partial charge in [0.2, 0.25) is 11.8 Å². The van der Waals surface area contributed by atoms with Crippen LogP contribution in [0.1, 0.15) is 0 Å². The van der Waals surface area contributed by atoms with Gasteiger partial charge in [-0.25, -0.2) is 0 Å². The maximum atomic E-state index is 12.4. The van der Waals surface area contributed by atoms with E-state index in [0.717, 1.165) is 0 Å². The lowest BCUT2D eigenvalue weighted by Gasteiger charge is -2.35. The number of hydrogen-bond donors (Lipinski definition) is 1. The van der Waals surface area contributed by atoms with E-state index in [2.05, 4.69) is 6.58 Å². The number of hydrogen-bond acceptors (Lipinski definition) is 4. The van der Waals surface area contributed by atoms with E-state index < -0.39 is 0 Å². The first-order valence-electron chi connectivity index (χ1n) is 7.41. The number of likely N-dealkylation sites (N-methyl/N-ethyl adjacent to an activating group) is 1. The molecule has 0 radical (unpaired) electrons. The number of halogens is 2. The largest absolute Gasteiger partial charge is 0.506 e. The molecule has 6 nitrogen and oxygen atoms in total. The van der Waals surface area contributed by atoms with E-state index in [1.54, 1.807) is 21.7 Å². The lowest BCUT2D eigenvalue weighted by molar-refractivity contribution is -0.136. The molecule has 0 unspecified atom stereocenters. The molecule has 24 heavy (non-hydrogen) atoms. The summed E-state index contributed by atoms with van der Waals surface area (Å²) in [5.41, 5.74) is 0.429. The second-order valence-corrected chi connectivity index (χ2v) is 6.34. The summed E-state index contributed by atoms with van der Waals surface area (Å²) in [6.45, 7) is 5.46. The molecule has 130 valence electrons. The van der Waals surface area contributed by atoms with Crippen LogP contribution < -0.4 is 4.90 Å². The van der Waals surface area contributed by atoms with Crippen molar-refractivity contribution in [3.05, 3.63) is 34.8 Å². The highest BCUT2D eigenvalue weighted by atomic mass is 35.5. The third-order valence-corrected chi connectivity index (χ3v) is 4.64. The minimum Gasteiger partial charge on any atom is -0.506 e. The van der Waals surface area contributed by atoms with Gasteiger partial charge in [0.25, 0.3) is 0 Å². The predicted molar refractivity (Wildman–Crippen MR) is 94.8 cm³/mol. The second kappa shape index (κ2) is 7.77. The summed E-state index contributed by atoms with van der Waals surface area (Å²) in [5.74, 6) is -0.255. The third kappa shape index (κ3) is 4.13. The molecular weight excluding hydrogens is 353 g/mol. The smallest absolute Gasteiger partial charge is 0.246 e. The van der Waals surface area contributed by atoms with Crippen LogP contribution in [0.15, 0.2) is 24.8 Å². The number of carbonyl (C=O) groups is 2. The van der Waals surface area contributed by atoms with Gasteiger partial charge in [0, 0.05) is 39.3 Å². The van der Waals surface area contributed by atoms with Crippen LogP contribution in [0, 0.1) is 0 Å². The normalized spacial score (nSPS) is 14.5. The Bertz CT molecular complexity index is 658. The number of benzene rings is 1. The van der Waals surface area contributed by atoms with Gasteiger partial charge in [0.15, 0.2) is 0 Å². The van der Waals surface area contributed by atoms with Gasteiger partial charge in [-0.2, -0.15) is 0 Å². The van der Waals surface area contributed by atoms with Gasteiger partial charge >= 0.3 is 0 Å². The number of amides is 2. The number of aromatic hydroxyl groups is 1. The van der Waals surface area contributed by atoms with Crippen LogP contribution in [0.25, 0.3) is 0 Å². The Balaban J connectivity index is 1.97. The van der Waals surface area contributed by atoms with E-state index in [1.807, 2.05) is 0 Å². The quantitative estimate of drug-likeness (QED) is 0.822. The van der Waals surface area contributed by atoms with E-state index in [4.69, 9.17) is 23.2 Å². The first-order chi connectivity index (χ1) is 11.3. The SMILES string of the molecule is C=CC(=O)N1CCN(C(=O)CN(C)c2cc(Cl)c(Cl)cc2O)CC1. The predicted octanol–water partition coefficient (Wildman–Crippen LogP) is 1.99. The zero-order valence-corrected chi connectivity index (χ0v) is 14.8. The van der Waals surface area contributed by atoms with Crippen LogP contribution in [-0.4, -0.2) is 66.5 Å². The van der Waals surface area contributed by atoms with Crippen LogP contribution in [0.3, 0.4) is 0 Å². The van der Waals surface area contributed by atoms with E-state index >= 15 is 0 Å². The molecule has 1 aromatic carbocycles. The molecule has 1 aliphatic heterocycles. The molecule has 1 aromatic rings. The fraction of sp³-hybridized carbons (Fsp3) is 0.375. The number of anilines is 1. The summed E-state index contributed by atoms with van der Waals surface area (Å²) in [4.78, 5) is 28.9. The maximum absolute atomic E-state index is 12.4. The molecule has 0 spiro atoms. The highest BCUT2D eigenvalue weighted by molar-refractivity contribution is 6.42. The molecule has 1 fully saturated rings. The number of carbonyl (C=O) groups excluding carboxylic acids is 2. The molecule has 1 aliphatic rings. The van der Waals surface area contributed by atoms with Crippen molar-refractivity contribution < 1.29 is 14.7 Å². The van der Waals surface area contributed by atoms with E-state index in [9.17, 15) is 14.7 Å². The van der Waals surface area contributed by atoms with Crippen LogP contribution in [0.2, 0.25) is 10.0 Å². The van der Waals surface area contributed by atoms with Crippen molar-refractivity contribution >= 4 is 40.7 Å². The summed E-state index contributed by atoms with van der Waals surface area (Å²) >= 11 is 11.8. The van der Waals surface area contributed by atoms with Crippen molar-refractivity contribution in [1.29, 1.82) is 0 Å². The van der Waals surface area contributed by atoms with Crippen molar-refractivity contribution in [2.75, 3.05) is 44.7 Å². The molecule has 0 saturated carbocycles. The van der Waals surface area contributed by atoms with Crippen LogP contribution in [-0.2, 0) is 9.59 Å². The molecule has 1 N–H and O–H groups in total. The monoisotopic (exact) mass is 371 g/mol. The Morgan fingerprint density at radius 1 is 1.21 bits per heavy atom. The Morgan fingerprint density at radius 2 is 1.75 bits per heavy atom. The van der Waals surface area contributed by atoms with Crippen molar-refractivity contribution in [1.82, 2.24) is 9.80 Å². The highest BCUT2D eigenvalue weighted by Gasteiger charge is 2.24. The van der Waals surface area contributed by atoms with Gasteiger partial charge in [-0.1, -0.05) is 29.8 Å². The third-order valence-electron chi connectivity index (χ3n) is 3.92. The summed E-state index contributed by atoms with van der Waals surface area (Å²) in [6, 6.07) is 2.87. The summed E-state index contributed by atoms with van der Waals surface area (Å²) in [7, 11) is 1.69. The number of nitrogens with zero attached hydrogens (tertiary/aromatic N) is 3. The minimum atomic E-state index is -0.125. The Labute approximate surface area is 150 Å². The zero-order valence-electron chi connectivity index (χ0n) is 13.3. The molecule has 1 heterocycles. The molecule has 0 atom stereocenters.